The Morgan fingerprint density at radius 1 is 1.07 bits per heavy atom. The molecule has 0 fully saturated rings. The number of alkyl halides is 1. The maximum atomic E-state index is 13.1. The molecule has 0 saturated carbocycles. The maximum absolute atomic E-state index is 13.1. The number of hydrogen-bond donors (Lipinski definition) is 1. The van der Waals surface area contributed by atoms with Crippen molar-refractivity contribution in [3.05, 3.63) is 70.5 Å². The summed E-state index contributed by atoms with van der Waals surface area (Å²) in [6, 6.07) is 16.8. The van der Waals surface area contributed by atoms with Crippen LogP contribution in [0.5, 0.6) is 0 Å². The summed E-state index contributed by atoms with van der Waals surface area (Å²) in [7, 11) is 0. The molecule has 4 aromatic rings. The third-order valence-electron chi connectivity index (χ3n) is 4.63. The van der Waals surface area contributed by atoms with E-state index >= 15 is 0 Å². The molecule has 6 heteroatoms. The molecule has 0 aliphatic heterocycles. The van der Waals surface area contributed by atoms with Crippen molar-refractivity contribution in [2.24, 2.45) is 0 Å². The quantitative estimate of drug-likeness (QED) is 0.434. The first kappa shape index (κ1) is 19.3. The first-order chi connectivity index (χ1) is 13.8. The van der Waals surface area contributed by atoms with Crippen LogP contribution in [0.4, 0.5) is 4.79 Å². The number of nitrogens with one attached hydrogen (secondary N) is 1. The summed E-state index contributed by atoms with van der Waals surface area (Å²) >= 11 is 5.98. The van der Waals surface area contributed by atoms with Crippen molar-refractivity contribution in [1.29, 1.82) is 0 Å². The van der Waals surface area contributed by atoms with Crippen LogP contribution in [0.15, 0.2) is 59.4 Å². The normalized spacial score (nSPS) is 11.9. The Bertz CT molecular complexity index is 1300. The van der Waals surface area contributed by atoms with E-state index in [1.54, 1.807) is 6.07 Å². The number of H-pyrrole nitrogens is 1. The number of fused-ring (bicyclic) bond motifs is 2. The summed E-state index contributed by atoms with van der Waals surface area (Å²) in [6.45, 7) is 5.43. The summed E-state index contributed by atoms with van der Waals surface area (Å²) in [4.78, 5) is 28.8. The molecule has 0 amide bonds. The fraction of sp³-hybridized carbons (Fsp3) is 0.217. The Morgan fingerprint density at radius 2 is 1.83 bits per heavy atom. The molecule has 0 aliphatic carbocycles. The maximum Gasteiger partial charge on any atom is 0.419 e. The van der Waals surface area contributed by atoms with Crippen LogP contribution < -0.4 is 5.56 Å². The van der Waals surface area contributed by atoms with Gasteiger partial charge in [-0.3, -0.25) is 4.79 Å². The lowest BCUT2D eigenvalue weighted by atomic mass is 10.1. The van der Waals surface area contributed by atoms with Gasteiger partial charge in [-0.25, -0.2) is 9.36 Å². The van der Waals surface area contributed by atoms with Gasteiger partial charge in [0.25, 0.3) is 5.56 Å². The number of nitrogens with zero attached hydrogens (tertiary/aromatic N) is 1. The molecule has 0 aliphatic rings. The molecule has 5 nitrogen and oxygen atoms in total. The number of aromatic amines is 1. The van der Waals surface area contributed by atoms with Gasteiger partial charge >= 0.3 is 6.09 Å². The highest BCUT2D eigenvalue weighted by Gasteiger charge is 2.24. The van der Waals surface area contributed by atoms with E-state index < -0.39 is 11.7 Å². The van der Waals surface area contributed by atoms with Gasteiger partial charge in [-0.05, 0) is 62.1 Å². The molecule has 0 unspecified atom stereocenters. The van der Waals surface area contributed by atoms with Crippen molar-refractivity contribution in [2.75, 3.05) is 0 Å². The van der Waals surface area contributed by atoms with Crippen molar-refractivity contribution >= 4 is 39.5 Å². The lowest BCUT2D eigenvalue weighted by molar-refractivity contribution is 0.0547. The fourth-order valence-corrected chi connectivity index (χ4v) is 3.55. The lowest BCUT2D eigenvalue weighted by Gasteiger charge is -2.21. The molecular formula is C23H21ClN2O3. The summed E-state index contributed by atoms with van der Waals surface area (Å²) < 4.78 is 7.08. The summed E-state index contributed by atoms with van der Waals surface area (Å²) in [5.41, 5.74) is 2.28. The average Bonchev–Trinajstić information content (AvgIpc) is 3.04. The summed E-state index contributed by atoms with van der Waals surface area (Å²) in [5, 5.41) is 1.70. The van der Waals surface area contributed by atoms with Crippen LogP contribution in [0.3, 0.4) is 0 Å². The van der Waals surface area contributed by atoms with Crippen LogP contribution >= 0.6 is 11.6 Å². The van der Waals surface area contributed by atoms with Gasteiger partial charge in [0, 0.05) is 16.8 Å². The van der Waals surface area contributed by atoms with Crippen LogP contribution in [-0.2, 0) is 10.6 Å². The van der Waals surface area contributed by atoms with E-state index in [9.17, 15) is 9.59 Å². The van der Waals surface area contributed by atoms with E-state index in [2.05, 4.69) is 4.98 Å². The van der Waals surface area contributed by atoms with E-state index in [1.165, 1.54) is 4.57 Å². The number of ether oxygens (including phenoxy) is 1. The zero-order chi connectivity index (χ0) is 20.8. The molecule has 0 spiro atoms. The molecule has 0 atom stereocenters. The number of halogens is 1. The molecule has 1 N–H and O–H groups in total. The molecule has 0 saturated heterocycles. The van der Waals surface area contributed by atoms with Crippen LogP contribution in [0.2, 0.25) is 0 Å². The van der Waals surface area contributed by atoms with E-state index in [0.29, 0.717) is 22.7 Å². The first-order valence-electron chi connectivity index (χ1n) is 9.33. The van der Waals surface area contributed by atoms with Crippen molar-refractivity contribution in [1.82, 2.24) is 9.55 Å². The smallest absolute Gasteiger partial charge is 0.419 e. The predicted molar refractivity (Wildman–Crippen MR) is 117 cm³/mol. The second-order valence-corrected chi connectivity index (χ2v) is 8.24. The highest BCUT2D eigenvalue weighted by Crippen LogP contribution is 2.30. The van der Waals surface area contributed by atoms with Gasteiger partial charge in [0.05, 0.1) is 16.8 Å². The lowest BCUT2D eigenvalue weighted by Crippen LogP contribution is -2.28. The molecule has 2 aromatic heterocycles. The Labute approximate surface area is 172 Å². The minimum absolute atomic E-state index is 0.270. The van der Waals surface area contributed by atoms with Crippen LogP contribution in [-0.4, -0.2) is 21.2 Å². The van der Waals surface area contributed by atoms with E-state index in [1.807, 2.05) is 69.3 Å². The molecule has 29 heavy (non-hydrogen) atoms. The van der Waals surface area contributed by atoms with Gasteiger partial charge in [0.2, 0.25) is 0 Å². The highest BCUT2D eigenvalue weighted by molar-refractivity contribution is 6.17. The van der Waals surface area contributed by atoms with Crippen LogP contribution in [0.1, 0.15) is 26.3 Å². The molecule has 2 heterocycles. The highest BCUT2D eigenvalue weighted by atomic mass is 35.5. The van der Waals surface area contributed by atoms with Gasteiger partial charge in [-0.1, -0.05) is 24.3 Å². The summed E-state index contributed by atoms with van der Waals surface area (Å²) in [6.07, 6.45) is -0.534. The molecule has 0 radical (unpaired) electrons. The van der Waals surface area contributed by atoms with Gasteiger partial charge in [0.1, 0.15) is 5.60 Å². The predicted octanol–water partition coefficient (Wildman–Crippen LogP) is 5.67. The zero-order valence-electron chi connectivity index (χ0n) is 16.5. The minimum Gasteiger partial charge on any atom is -0.443 e. The fourth-order valence-electron chi connectivity index (χ4n) is 3.39. The zero-order valence-corrected chi connectivity index (χ0v) is 17.2. The second kappa shape index (κ2) is 7.08. The van der Waals surface area contributed by atoms with Gasteiger partial charge in [0.15, 0.2) is 0 Å². The average molecular weight is 409 g/mol. The standard InChI is InChI=1S/C23H21ClN2O3/c1-23(2,3)29-22(28)26-19-9-8-14(13-24)10-16(19)12-20(26)17-11-15-6-4-5-7-18(15)25-21(17)27/h4-12H,13H2,1-3H3,(H,25,27). The van der Waals surface area contributed by atoms with Gasteiger partial charge in [-0.2, -0.15) is 0 Å². The SMILES string of the molecule is CC(C)(C)OC(=O)n1c(-c2cc3ccccc3[nH]c2=O)cc2cc(CCl)ccc21. The monoisotopic (exact) mass is 408 g/mol. The van der Waals surface area contributed by atoms with Crippen LogP contribution in [0, 0.1) is 0 Å². The number of pyridine rings is 1. The number of para-hydroxylation sites is 1. The largest absolute Gasteiger partial charge is 0.443 e. The van der Waals surface area contributed by atoms with Crippen molar-refractivity contribution in [3.63, 3.8) is 0 Å². The van der Waals surface area contributed by atoms with Crippen LogP contribution in [0.25, 0.3) is 33.1 Å². The molecular weight excluding hydrogens is 388 g/mol. The van der Waals surface area contributed by atoms with E-state index in [0.717, 1.165) is 21.9 Å². The number of aromatic nitrogens is 2. The first-order valence-corrected chi connectivity index (χ1v) is 9.86. The van der Waals surface area contributed by atoms with Gasteiger partial charge < -0.3 is 9.72 Å². The Balaban J connectivity index is 2.00. The summed E-state index contributed by atoms with van der Waals surface area (Å²) in [5.74, 6) is 0.361. The van der Waals surface area contributed by atoms with Crippen molar-refractivity contribution in [2.45, 2.75) is 32.3 Å². The third kappa shape index (κ3) is 3.66. The number of carbonyl (C=O) groups is 1. The van der Waals surface area contributed by atoms with Crippen molar-refractivity contribution < 1.29 is 9.53 Å². The number of benzene rings is 2. The molecule has 0 bridgehead atoms. The number of hydrogen-bond acceptors (Lipinski definition) is 3. The Morgan fingerprint density at radius 3 is 2.55 bits per heavy atom. The topological polar surface area (TPSA) is 64.1 Å². The Kier molecular flexibility index (Phi) is 4.71. The van der Waals surface area contributed by atoms with E-state index in [4.69, 9.17) is 16.3 Å². The minimum atomic E-state index is -0.670. The third-order valence-corrected chi connectivity index (χ3v) is 4.93. The number of carbonyl (C=O) groups excluding carboxylic acids is 1. The molecule has 4 rings (SSSR count). The Hall–Kier alpha value is -3.05. The van der Waals surface area contributed by atoms with E-state index in [-0.39, 0.29) is 5.56 Å². The number of rotatable bonds is 2. The molecule has 2 aromatic carbocycles. The second-order valence-electron chi connectivity index (χ2n) is 7.97. The van der Waals surface area contributed by atoms with Crippen molar-refractivity contribution in [3.8, 4) is 11.3 Å². The van der Waals surface area contributed by atoms with Gasteiger partial charge in [-0.15, -0.1) is 11.6 Å². The molecule has 148 valence electrons.